The van der Waals surface area contributed by atoms with E-state index in [-0.39, 0.29) is 0 Å². The molecule has 1 aliphatic rings. The number of amides is 1. The summed E-state index contributed by atoms with van der Waals surface area (Å²) in [5.74, 6) is -0.227. The van der Waals surface area contributed by atoms with Gasteiger partial charge in [0.25, 0.3) is 11.7 Å². The molecule has 0 unspecified atom stereocenters. The summed E-state index contributed by atoms with van der Waals surface area (Å²) < 4.78 is 0. The second kappa shape index (κ2) is 4.88. The van der Waals surface area contributed by atoms with Gasteiger partial charge in [-0.05, 0) is 31.4 Å². The molecule has 0 spiro atoms. The van der Waals surface area contributed by atoms with Gasteiger partial charge in [0.15, 0.2) is 0 Å². The van der Waals surface area contributed by atoms with Crippen LogP contribution in [0, 0.1) is 6.92 Å². The number of carbonyl (C=O) groups excluding carboxylic acids is 2. The molecule has 0 saturated carbocycles. The second-order valence-electron chi connectivity index (χ2n) is 4.15. The molecule has 0 fully saturated rings. The van der Waals surface area contributed by atoms with E-state index < -0.39 is 11.7 Å². The Morgan fingerprint density at radius 3 is 2.71 bits per heavy atom. The maximum Gasteiger partial charge on any atom is 0.299 e. The number of hydrogen-bond donors (Lipinski definition) is 0. The zero-order valence-electron chi connectivity index (χ0n) is 9.70. The fourth-order valence-electron chi connectivity index (χ4n) is 2.12. The normalized spacial score (nSPS) is 14.4. The van der Waals surface area contributed by atoms with Crippen molar-refractivity contribution in [3.8, 4) is 0 Å². The van der Waals surface area contributed by atoms with Crippen LogP contribution in [0.25, 0.3) is 0 Å². The van der Waals surface area contributed by atoms with Crippen LogP contribution in [0.15, 0.2) is 18.2 Å². The molecule has 0 atom stereocenters. The first-order valence-corrected chi connectivity index (χ1v) is 6.22. The van der Waals surface area contributed by atoms with Gasteiger partial charge in [0.1, 0.15) is 0 Å². The molecular formula is C13H14ClNO2. The topological polar surface area (TPSA) is 37.4 Å². The maximum atomic E-state index is 11.9. The van der Waals surface area contributed by atoms with Crippen molar-refractivity contribution in [3.63, 3.8) is 0 Å². The Labute approximate surface area is 105 Å². The minimum Gasteiger partial charge on any atom is -0.304 e. The van der Waals surface area contributed by atoms with Crippen molar-refractivity contribution < 1.29 is 9.59 Å². The maximum absolute atomic E-state index is 11.9. The van der Waals surface area contributed by atoms with Gasteiger partial charge >= 0.3 is 0 Å². The largest absolute Gasteiger partial charge is 0.304 e. The fraction of sp³-hybridized carbons (Fsp3) is 0.385. The number of fused-ring (bicyclic) bond motifs is 1. The van der Waals surface area contributed by atoms with Crippen LogP contribution >= 0.6 is 11.6 Å². The standard InChI is InChI=1S/C13H14ClNO2/c1-9-5-4-6-10-11(9)15(8-3-2-7-14)13(17)12(10)16/h4-6H,2-3,7-8H2,1H3. The highest BCUT2D eigenvalue weighted by Crippen LogP contribution is 2.32. The third-order valence-electron chi connectivity index (χ3n) is 2.96. The fourth-order valence-corrected chi connectivity index (χ4v) is 2.31. The van der Waals surface area contributed by atoms with Crippen LogP contribution < -0.4 is 4.90 Å². The quantitative estimate of drug-likeness (QED) is 0.469. The molecule has 0 aromatic heterocycles. The number of benzene rings is 1. The number of Topliss-reactive ketones (excluding diaryl/α,β-unsaturated/α-hetero) is 1. The Morgan fingerprint density at radius 1 is 1.24 bits per heavy atom. The number of hydrogen-bond acceptors (Lipinski definition) is 2. The van der Waals surface area contributed by atoms with Crippen LogP contribution in [0.1, 0.15) is 28.8 Å². The number of aryl methyl sites for hydroxylation is 1. The highest BCUT2D eigenvalue weighted by atomic mass is 35.5. The molecule has 1 amide bonds. The monoisotopic (exact) mass is 251 g/mol. The zero-order chi connectivity index (χ0) is 12.4. The lowest BCUT2D eigenvalue weighted by molar-refractivity contribution is -0.114. The van der Waals surface area contributed by atoms with Gasteiger partial charge in [-0.15, -0.1) is 11.6 Å². The van der Waals surface area contributed by atoms with Crippen molar-refractivity contribution in [2.75, 3.05) is 17.3 Å². The molecule has 17 heavy (non-hydrogen) atoms. The average molecular weight is 252 g/mol. The Morgan fingerprint density at radius 2 is 2.00 bits per heavy atom. The predicted molar refractivity (Wildman–Crippen MR) is 67.8 cm³/mol. The van der Waals surface area contributed by atoms with Gasteiger partial charge in [0.2, 0.25) is 0 Å². The molecule has 2 rings (SSSR count). The average Bonchev–Trinajstić information content (AvgIpc) is 2.56. The highest BCUT2D eigenvalue weighted by molar-refractivity contribution is 6.52. The van der Waals surface area contributed by atoms with Crippen LogP contribution in [0.4, 0.5) is 5.69 Å². The second-order valence-corrected chi connectivity index (χ2v) is 4.53. The van der Waals surface area contributed by atoms with Crippen molar-refractivity contribution in [3.05, 3.63) is 29.3 Å². The summed E-state index contributed by atoms with van der Waals surface area (Å²) in [5.41, 5.74) is 2.27. The third-order valence-corrected chi connectivity index (χ3v) is 3.22. The number of anilines is 1. The van der Waals surface area contributed by atoms with E-state index in [1.807, 2.05) is 19.1 Å². The van der Waals surface area contributed by atoms with Crippen molar-refractivity contribution in [2.45, 2.75) is 19.8 Å². The van der Waals surface area contributed by atoms with E-state index >= 15 is 0 Å². The van der Waals surface area contributed by atoms with E-state index in [4.69, 9.17) is 11.6 Å². The van der Waals surface area contributed by atoms with Gasteiger partial charge < -0.3 is 4.90 Å². The first-order chi connectivity index (χ1) is 8.16. The van der Waals surface area contributed by atoms with Gasteiger partial charge in [-0.3, -0.25) is 9.59 Å². The molecule has 0 bridgehead atoms. The number of alkyl halides is 1. The molecule has 0 aliphatic carbocycles. The lowest BCUT2D eigenvalue weighted by Crippen LogP contribution is -2.31. The van der Waals surface area contributed by atoms with Gasteiger partial charge in [-0.25, -0.2) is 0 Å². The highest BCUT2D eigenvalue weighted by Gasteiger charge is 2.36. The van der Waals surface area contributed by atoms with Crippen molar-refractivity contribution in [1.29, 1.82) is 0 Å². The Hall–Kier alpha value is -1.35. The van der Waals surface area contributed by atoms with Crippen LogP contribution in [0.3, 0.4) is 0 Å². The van der Waals surface area contributed by atoms with Crippen LogP contribution in [0.2, 0.25) is 0 Å². The summed E-state index contributed by atoms with van der Waals surface area (Å²) in [5, 5.41) is 0. The summed E-state index contributed by atoms with van der Waals surface area (Å²) in [4.78, 5) is 25.2. The number of unbranched alkanes of at least 4 members (excludes halogenated alkanes) is 1. The smallest absolute Gasteiger partial charge is 0.299 e. The summed E-state index contributed by atoms with van der Waals surface area (Å²) in [6.07, 6.45) is 1.66. The predicted octanol–water partition coefficient (Wildman–Crippen LogP) is 2.54. The summed E-state index contributed by atoms with van der Waals surface area (Å²) in [6.45, 7) is 2.48. The number of carbonyl (C=O) groups is 2. The number of rotatable bonds is 4. The minimum absolute atomic E-state index is 0.394. The van der Waals surface area contributed by atoms with Gasteiger partial charge in [0.05, 0.1) is 11.3 Å². The zero-order valence-corrected chi connectivity index (χ0v) is 10.5. The van der Waals surface area contributed by atoms with Crippen LogP contribution in [-0.2, 0) is 4.79 Å². The summed E-state index contributed by atoms with van der Waals surface area (Å²) >= 11 is 5.61. The molecule has 3 nitrogen and oxygen atoms in total. The molecule has 0 radical (unpaired) electrons. The molecule has 4 heteroatoms. The van der Waals surface area contributed by atoms with Gasteiger partial charge in [-0.2, -0.15) is 0 Å². The van der Waals surface area contributed by atoms with E-state index in [0.717, 1.165) is 24.1 Å². The SMILES string of the molecule is Cc1cccc2c1N(CCCCCl)C(=O)C2=O. The lowest BCUT2D eigenvalue weighted by atomic mass is 10.1. The number of halogens is 1. The lowest BCUT2D eigenvalue weighted by Gasteiger charge is -2.17. The minimum atomic E-state index is -0.413. The van der Waals surface area contributed by atoms with Crippen LogP contribution in [0.5, 0.6) is 0 Å². The number of para-hydroxylation sites is 1. The molecule has 1 aromatic carbocycles. The molecular weight excluding hydrogens is 238 g/mol. The molecule has 0 N–H and O–H groups in total. The Bertz CT molecular complexity index is 470. The number of nitrogens with zero attached hydrogens (tertiary/aromatic N) is 1. The van der Waals surface area contributed by atoms with E-state index in [9.17, 15) is 9.59 Å². The Kier molecular flexibility index (Phi) is 3.48. The molecule has 1 heterocycles. The molecule has 1 aromatic rings. The third kappa shape index (κ3) is 2.07. The molecule has 1 aliphatic heterocycles. The van der Waals surface area contributed by atoms with E-state index in [0.29, 0.717) is 18.0 Å². The summed E-state index contributed by atoms with van der Waals surface area (Å²) in [6, 6.07) is 5.44. The van der Waals surface area contributed by atoms with E-state index in [1.165, 1.54) is 0 Å². The number of ketones is 1. The first kappa shape index (κ1) is 12.1. The summed E-state index contributed by atoms with van der Waals surface area (Å²) in [7, 11) is 0. The van der Waals surface area contributed by atoms with Crippen LogP contribution in [-0.4, -0.2) is 24.1 Å². The molecule has 0 saturated heterocycles. The van der Waals surface area contributed by atoms with Crippen molar-refractivity contribution in [2.24, 2.45) is 0 Å². The van der Waals surface area contributed by atoms with Gasteiger partial charge in [0, 0.05) is 12.4 Å². The Balaban J connectivity index is 2.30. The van der Waals surface area contributed by atoms with Crippen molar-refractivity contribution in [1.82, 2.24) is 0 Å². The van der Waals surface area contributed by atoms with E-state index in [1.54, 1.807) is 11.0 Å². The van der Waals surface area contributed by atoms with Crippen molar-refractivity contribution >= 4 is 29.0 Å². The first-order valence-electron chi connectivity index (χ1n) is 5.68. The molecule has 90 valence electrons. The van der Waals surface area contributed by atoms with E-state index in [2.05, 4.69) is 0 Å². The van der Waals surface area contributed by atoms with Gasteiger partial charge in [-0.1, -0.05) is 12.1 Å².